The molecule has 0 spiro atoms. The molecule has 0 bridgehead atoms. The zero-order chi connectivity index (χ0) is 14.9. The van der Waals surface area contributed by atoms with E-state index in [1.807, 2.05) is 0 Å². The molecule has 1 aromatic carbocycles. The molecule has 0 unspecified atom stereocenters. The Labute approximate surface area is 124 Å². The molecule has 1 aliphatic rings. The van der Waals surface area contributed by atoms with Crippen molar-refractivity contribution < 1.29 is 14.3 Å². The van der Waals surface area contributed by atoms with Crippen LogP contribution in [-0.4, -0.2) is 38.7 Å². The maximum absolute atomic E-state index is 12.3. The summed E-state index contributed by atoms with van der Waals surface area (Å²) in [4.78, 5) is 20.4. The van der Waals surface area contributed by atoms with Gasteiger partial charge in [0.2, 0.25) is 0 Å². The lowest BCUT2D eigenvalue weighted by molar-refractivity contribution is 0.102. The van der Waals surface area contributed by atoms with E-state index in [2.05, 4.69) is 20.4 Å². The SMILES string of the molecule is O=C(Nc1nc2ncccn2n1)c1ccc2c(c1)OCCO2. The molecular weight excluding hydrogens is 286 g/mol. The van der Waals surface area contributed by atoms with Gasteiger partial charge in [0.25, 0.3) is 17.6 Å². The average molecular weight is 297 g/mol. The highest BCUT2D eigenvalue weighted by Crippen LogP contribution is 2.30. The van der Waals surface area contributed by atoms with Crippen LogP contribution in [0, 0.1) is 0 Å². The Balaban J connectivity index is 1.59. The zero-order valence-electron chi connectivity index (χ0n) is 11.4. The molecule has 8 nitrogen and oxygen atoms in total. The smallest absolute Gasteiger partial charge is 0.258 e. The molecule has 2 aromatic heterocycles. The minimum absolute atomic E-state index is 0.193. The minimum Gasteiger partial charge on any atom is -0.486 e. The van der Waals surface area contributed by atoms with Crippen molar-refractivity contribution in [3.8, 4) is 11.5 Å². The van der Waals surface area contributed by atoms with Gasteiger partial charge in [0.05, 0.1) is 0 Å². The first-order valence-corrected chi connectivity index (χ1v) is 6.68. The fraction of sp³-hybridized carbons (Fsp3) is 0.143. The van der Waals surface area contributed by atoms with Gasteiger partial charge in [0.15, 0.2) is 11.5 Å². The second-order valence-corrected chi connectivity index (χ2v) is 4.61. The minimum atomic E-state index is -0.326. The lowest BCUT2D eigenvalue weighted by Gasteiger charge is -2.18. The Morgan fingerprint density at radius 1 is 1.23 bits per heavy atom. The maximum atomic E-state index is 12.3. The lowest BCUT2D eigenvalue weighted by atomic mass is 10.2. The Bertz CT molecular complexity index is 828. The molecule has 0 atom stereocenters. The molecule has 3 aromatic rings. The van der Waals surface area contributed by atoms with E-state index in [0.29, 0.717) is 36.1 Å². The van der Waals surface area contributed by atoms with Crippen molar-refractivity contribution in [2.45, 2.75) is 0 Å². The number of nitrogens with zero attached hydrogens (tertiary/aromatic N) is 4. The van der Waals surface area contributed by atoms with Gasteiger partial charge in [-0.15, -0.1) is 5.10 Å². The second kappa shape index (κ2) is 4.99. The number of hydrogen-bond donors (Lipinski definition) is 1. The highest BCUT2D eigenvalue weighted by atomic mass is 16.6. The highest BCUT2D eigenvalue weighted by Gasteiger charge is 2.16. The van der Waals surface area contributed by atoms with E-state index in [-0.39, 0.29) is 11.9 Å². The molecule has 3 heterocycles. The first-order chi connectivity index (χ1) is 10.8. The molecule has 1 aliphatic heterocycles. The molecule has 0 aliphatic carbocycles. The van der Waals surface area contributed by atoms with Crippen molar-refractivity contribution >= 4 is 17.6 Å². The first-order valence-electron chi connectivity index (χ1n) is 6.68. The molecule has 0 radical (unpaired) electrons. The number of rotatable bonds is 2. The largest absolute Gasteiger partial charge is 0.486 e. The molecular formula is C14H11N5O3. The van der Waals surface area contributed by atoms with Crippen LogP contribution in [0.25, 0.3) is 5.78 Å². The van der Waals surface area contributed by atoms with Gasteiger partial charge in [-0.05, 0) is 24.3 Å². The van der Waals surface area contributed by atoms with E-state index in [0.717, 1.165) is 0 Å². The predicted octanol–water partition coefficient (Wildman–Crippen LogP) is 1.15. The van der Waals surface area contributed by atoms with Crippen LogP contribution >= 0.6 is 0 Å². The van der Waals surface area contributed by atoms with Crippen molar-refractivity contribution in [1.29, 1.82) is 0 Å². The first kappa shape index (κ1) is 12.6. The van der Waals surface area contributed by atoms with Gasteiger partial charge < -0.3 is 9.47 Å². The molecule has 0 saturated heterocycles. The summed E-state index contributed by atoms with van der Waals surface area (Å²) in [5, 5.41) is 6.76. The molecule has 1 N–H and O–H groups in total. The normalized spacial score (nSPS) is 13.1. The molecule has 22 heavy (non-hydrogen) atoms. The van der Waals surface area contributed by atoms with Crippen LogP contribution in [0.5, 0.6) is 11.5 Å². The van der Waals surface area contributed by atoms with Gasteiger partial charge in [-0.1, -0.05) is 0 Å². The average Bonchev–Trinajstić information content (AvgIpc) is 2.96. The molecule has 8 heteroatoms. The Morgan fingerprint density at radius 2 is 2.09 bits per heavy atom. The molecule has 0 saturated carbocycles. The third-order valence-corrected chi connectivity index (χ3v) is 3.15. The van der Waals surface area contributed by atoms with Crippen LogP contribution in [0.1, 0.15) is 10.4 Å². The van der Waals surface area contributed by atoms with Gasteiger partial charge in [-0.2, -0.15) is 4.98 Å². The van der Waals surface area contributed by atoms with E-state index in [1.54, 1.807) is 36.7 Å². The monoisotopic (exact) mass is 297 g/mol. The second-order valence-electron chi connectivity index (χ2n) is 4.61. The number of ether oxygens (including phenoxy) is 2. The van der Waals surface area contributed by atoms with Crippen molar-refractivity contribution in [3.05, 3.63) is 42.2 Å². The van der Waals surface area contributed by atoms with E-state index in [4.69, 9.17) is 9.47 Å². The van der Waals surface area contributed by atoms with Gasteiger partial charge >= 0.3 is 0 Å². The zero-order valence-corrected chi connectivity index (χ0v) is 11.4. The fourth-order valence-corrected chi connectivity index (χ4v) is 2.14. The summed E-state index contributed by atoms with van der Waals surface area (Å²) in [6.45, 7) is 0.981. The van der Waals surface area contributed by atoms with Crippen molar-refractivity contribution in [3.63, 3.8) is 0 Å². The van der Waals surface area contributed by atoms with Gasteiger partial charge in [0.1, 0.15) is 13.2 Å². The van der Waals surface area contributed by atoms with E-state index in [9.17, 15) is 4.79 Å². The van der Waals surface area contributed by atoms with Crippen molar-refractivity contribution in [2.24, 2.45) is 0 Å². The number of benzene rings is 1. The van der Waals surface area contributed by atoms with Crippen LogP contribution in [0.2, 0.25) is 0 Å². The third kappa shape index (κ3) is 2.20. The number of amides is 1. The van der Waals surface area contributed by atoms with Crippen LogP contribution in [0.15, 0.2) is 36.7 Å². The van der Waals surface area contributed by atoms with Gasteiger partial charge in [-0.3, -0.25) is 10.1 Å². The summed E-state index contributed by atoms with van der Waals surface area (Å²) in [6.07, 6.45) is 3.31. The fourth-order valence-electron chi connectivity index (χ4n) is 2.14. The standard InChI is InChI=1S/C14H11N5O3/c20-12(9-2-3-10-11(8-9)22-7-6-21-10)16-13-17-14-15-4-1-5-19(14)18-13/h1-5,8H,6-7H2,(H,16,18,20). The number of carbonyl (C=O) groups is 1. The Kier molecular flexibility index (Phi) is 2.85. The summed E-state index contributed by atoms with van der Waals surface area (Å²) < 4.78 is 12.4. The maximum Gasteiger partial charge on any atom is 0.258 e. The Morgan fingerprint density at radius 3 is 2.95 bits per heavy atom. The van der Waals surface area contributed by atoms with E-state index < -0.39 is 0 Å². The van der Waals surface area contributed by atoms with E-state index >= 15 is 0 Å². The van der Waals surface area contributed by atoms with Gasteiger partial charge in [-0.25, -0.2) is 9.50 Å². The highest BCUT2D eigenvalue weighted by molar-refractivity contribution is 6.03. The number of nitrogens with one attached hydrogen (secondary N) is 1. The molecule has 4 rings (SSSR count). The van der Waals surface area contributed by atoms with Gasteiger partial charge in [0, 0.05) is 18.0 Å². The Hall–Kier alpha value is -3.16. The third-order valence-electron chi connectivity index (χ3n) is 3.15. The summed E-state index contributed by atoms with van der Waals surface area (Å²) in [5.41, 5.74) is 0.441. The summed E-state index contributed by atoms with van der Waals surface area (Å²) in [5.74, 6) is 1.48. The molecule has 110 valence electrons. The van der Waals surface area contributed by atoms with Crippen molar-refractivity contribution in [1.82, 2.24) is 19.6 Å². The number of aromatic nitrogens is 4. The summed E-state index contributed by atoms with van der Waals surface area (Å²) in [6, 6.07) is 6.74. The number of anilines is 1. The topological polar surface area (TPSA) is 90.6 Å². The molecule has 0 fully saturated rings. The van der Waals surface area contributed by atoms with Crippen LogP contribution in [0.3, 0.4) is 0 Å². The van der Waals surface area contributed by atoms with Crippen LogP contribution < -0.4 is 14.8 Å². The van der Waals surface area contributed by atoms with Crippen molar-refractivity contribution in [2.75, 3.05) is 18.5 Å². The number of carbonyl (C=O) groups excluding carboxylic acids is 1. The predicted molar refractivity (Wildman–Crippen MR) is 76.2 cm³/mol. The lowest BCUT2D eigenvalue weighted by Crippen LogP contribution is -2.17. The molecule has 1 amide bonds. The van der Waals surface area contributed by atoms with Crippen LogP contribution in [-0.2, 0) is 0 Å². The quantitative estimate of drug-likeness (QED) is 0.763. The summed E-state index contributed by atoms with van der Waals surface area (Å²) >= 11 is 0. The van der Waals surface area contributed by atoms with Crippen LogP contribution in [0.4, 0.5) is 5.95 Å². The van der Waals surface area contributed by atoms with E-state index in [1.165, 1.54) is 4.52 Å². The number of hydrogen-bond acceptors (Lipinski definition) is 6. The number of fused-ring (bicyclic) bond motifs is 2. The summed E-state index contributed by atoms with van der Waals surface area (Å²) in [7, 11) is 0.